The predicted molar refractivity (Wildman–Crippen MR) is 163 cm³/mol. The van der Waals surface area contributed by atoms with Crippen LogP contribution in [-0.2, 0) is 12.8 Å². The van der Waals surface area contributed by atoms with E-state index in [0.717, 1.165) is 73.6 Å². The lowest BCUT2D eigenvalue weighted by Crippen LogP contribution is -2.36. The Morgan fingerprint density at radius 1 is 0.800 bits per heavy atom. The highest BCUT2D eigenvalue weighted by molar-refractivity contribution is 5.89. The van der Waals surface area contributed by atoms with Crippen molar-refractivity contribution >= 4 is 27.6 Å². The molecule has 6 nitrogen and oxygen atoms in total. The molecule has 1 aliphatic heterocycles. The second kappa shape index (κ2) is 12.9. The van der Waals surface area contributed by atoms with Gasteiger partial charge in [-0.15, -0.1) is 0 Å². The summed E-state index contributed by atoms with van der Waals surface area (Å²) in [5.74, 6) is 2.35. The summed E-state index contributed by atoms with van der Waals surface area (Å²) in [5, 5.41) is 5.79. The summed E-state index contributed by atoms with van der Waals surface area (Å²) in [6.07, 6.45) is 9.17. The van der Waals surface area contributed by atoms with Crippen LogP contribution in [0.4, 0.5) is 5.82 Å². The number of likely N-dealkylation sites (tertiary alicyclic amines) is 1. The molecule has 0 unspecified atom stereocenters. The molecule has 0 radical (unpaired) electrons. The number of hydrogen-bond donors (Lipinski definition) is 1. The molecule has 6 heteroatoms. The number of hydrogen-bond acceptors (Lipinski definition) is 6. The minimum atomic E-state index is 0.594. The van der Waals surface area contributed by atoms with Crippen molar-refractivity contribution in [3.8, 4) is 5.75 Å². The molecule has 1 N–H and O–H groups in total. The van der Waals surface area contributed by atoms with Crippen molar-refractivity contribution < 1.29 is 4.74 Å². The van der Waals surface area contributed by atoms with Gasteiger partial charge >= 0.3 is 0 Å². The topological polar surface area (TPSA) is 63.2 Å². The minimum Gasteiger partial charge on any atom is -0.493 e. The molecule has 3 heterocycles. The number of piperidine rings is 1. The largest absolute Gasteiger partial charge is 0.493 e. The number of nitrogens with one attached hydrogen (secondary N) is 1. The molecule has 0 atom stereocenters. The van der Waals surface area contributed by atoms with E-state index in [1.807, 2.05) is 24.4 Å². The van der Waals surface area contributed by atoms with Crippen molar-refractivity contribution in [3.05, 3.63) is 103 Å². The van der Waals surface area contributed by atoms with Gasteiger partial charge in [-0.25, -0.2) is 9.97 Å². The van der Waals surface area contributed by atoms with Gasteiger partial charge in [-0.05, 0) is 93.0 Å². The fourth-order valence-corrected chi connectivity index (χ4v) is 5.69. The van der Waals surface area contributed by atoms with Crippen LogP contribution in [-0.4, -0.2) is 52.6 Å². The van der Waals surface area contributed by atoms with E-state index in [2.05, 4.69) is 85.8 Å². The second-order valence-electron chi connectivity index (χ2n) is 10.8. The fourth-order valence-electron chi connectivity index (χ4n) is 5.69. The van der Waals surface area contributed by atoms with Gasteiger partial charge in [0, 0.05) is 29.6 Å². The van der Waals surface area contributed by atoms with Gasteiger partial charge in [0.15, 0.2) is 0 Å². The van der Waals surface area contributed by atoms with Crippen LogP contribution >= 0.6 is 0 Å². The molecule has 3 aromatic carbocycles. The van der Waals surface area contributed by atoms with Crippen molar-refractivity contribution in [1.82, 2.24) is 19.9 Å². The number of ether oxygens (including phenoxy) is 1. The molecule has 0 amide bonds. The molecule has 1 aliphatic rings. The van der Waals surface area contributed by atoms with E-state index in [0.29, 0.717) is 5.92 Å². The molecular weight excluding hydrogens is 494 g/mol. The van der Waals surface area contributed by atoms with Gasteiger partial charge in [0.25, 0.3) is 0 Å². The second-order valence-corrected chi connectivity index (χ2v) is 10.8. The van der Waals surface area contributed by atoms with Crippen LogP contribution in [0.3, 0.4) is 0 Å². The Kier molecular flexibility index (Phi) is 8.44. The average molecular weight is 532 g/mol. The number of anilines is 1. The lowest BCUT2D eigenvalue weighted by Gasteiger charge is -2.31. The van der Waals surface area contributed by atoms with Gasteiger partial charge in [0.2, 0.25) is 0 Å². The lowest BCUT2D eigenvalue weighted by molar-refractivity contribution is 0.140. The van der Waals surface area contributed by atoms with Gasteiger partial charge in [0.05, 0.1) is 17.6 Å². The highest BCUT2D eigenvalue weighted by Gasteiger charge is 2.20. The van der Waals surface area contributed by atoms with Gasteiger partial charge in [-0.2, -0.15) is 0 Å². The quantitative estimate of drug-likeness (QED) is 0.208. The maximum absolute atomic E-state index is 6.24. The molecule has 204 valence electrons. The first-order valence-electron chi connectivity index (χ1n) is 14.5. The third-order valence-corrected chi connectivity index (χ3v) is 8.01. The van der Waals surface area contributed by atoms with Crippen molar-refractivity contribution in [3.63, 3.8) is 0 Å². The van der Waals surface area contributed by atoms with Crippen LogP contribution in [0.15, 0.2) is 91.4 Å². The van der Waals surface area contributed by atoms with E-state index in [9.17, 15) is 0 Å². The molecule has 1 saturated heterocycles. The number of fused-ring (bicyclic) bond motifs is 2. The minimum absolute atomic E-state index is 0.594. The molecular formula is C34H37N5O. The zero-order valence-corrected chi connectivity index (χ0v) is 23.0. The Morgan fingerprint density at radius 2 is 1.65 bits per heavy atom. The molecule has 0 saturated carbocycles. The van der Waals surface area contributed by atoms with Gasteiger partial charge in [-0.3, -0.25) is 4.98 Å². The number of para-hydroxylation sites is 1. The standard InChI is InChI=1S/C34H37N5O/c1-2-7-26(8-3-1)14-18-36-34-31-13-12-29(23-33(31)37-25-38-34)40-24-27-16-21-39(22-17-27)20-6-9-28-15-19-35-32-11-5-4-10-30(28)32/h1-5,7-8,10-13,15,19,23,25,27H,6,9,14,16-18,20-22,24H2,(H,36,37,38). The molecule has 2 aromatic heterocycles. The summed E-state index contributed by atoms with van der Waals surface area (Å²) in [5.41, 5.74) is 4.72. The lowest BCUT2D eigenvalue weighted by atomic mass is 9.97. The molecule has 1 fully saturated rings. The van der Waals surface area contributed by atoms with Crippen LogP contribution in [0.5, 0.6) is 5.75 Å². The Labute approximate surface area is 236 Å². The molecule has 0 bridgehead atoms. The first kappa shape index (κ1) is 26.2. The number of benzene rings is 3. The highest BCUT2D eigenvalue weighted by Crippen LogP contribution is 2.26. The van der Waals surface area contributed by atoms with E-state index >= 15 is 0 Å². The van der Waals surface area contributed by atoms with E-state index in [1.54, 1.807) is 6.33 Å². The van der Waals surface area contributed by atoms with E-state index in [1.165, 1.54) is 35.8 Å². The number of nitrogens with zero attached hydrogens (tertiary/aromatic N) is 4. The smallest absolute Gasteiger partial charge is 0.137 e. The maximum Gasteiger partial charge on any atom is 0.137 e. The average Bonchev–Trinajstić information content (AvgIpc) is 3.01. The van der Waals surface area contributed by atoms with Gasteiger partial charge < -0.3 is 15.0 Å². The maximum atomic E-state index is 6.24. The molecule has 0 aliphatic carbocycles. The van der Waals surface area contributed by atoms with E-state index in [4.69, 9.17) is 4.74 Å². The molecule has 6 rings (SSSR count). The Morgan fingerprint density at radius 3 is 2.55 bits per heavy atom. The predicted octanol–water partition coefficient (Wildman–Crippen LogP) is 6.56. The summed E-state index contributed by atoms with van der Waals surface area (Å²) in [6, 6.07) is 27.3. The van der Waals surface area contributed by atoms with Crippen LogP contribution in [0.2, 0.25) is 0 Å². The molecule has 40 heavy (non-hydrogen) atoms. The van der Waals surface area contributed by atoms with Crippen LogP contribution in [0, 0.1) is 5.92 Å². The molecule has 5 aromatic rings. The fraction of sp³-hybridized carbons (Fsp3) is 0.324. The number of pyridine rings is 1. The van der Waals surface area contributed by atoms with Crippen molar-refractivity contribution in [2.75, 3.05) is 38.1 Å². The van der Waals surface area contributed by atoms with E-state index < -0.39 is 0 Å². The zero-order valence-electron chi connectivity index (χ0n) is 23.0. The number of aryl methyl sites for hydroxylation is 1. The summed E-state index contributed by atoms with van der Waals surface area (Å²) < 4.78 is 6.24. The van der Waals surface area contributed by atoms with Crippen molar-refractivity contribution in [1.29, 1.82) is 0 Å². The third kappa shape index (κ3) is 6.57. The normalized spacial score (nSPS) is 14.5. The summed E-state index contributed by atoms with van der Waals surface area (Å²) in [4.78, 5) is 16.1. The monoisotopic (exact) mass is 531 g/mol. The first-order chi connectivity index (χ1) is 19.8. The van der Waals surface area contributed by atoms with Crippen LogP contribution < -0.4 is 10.1 Å². The van der Waals surface area contributed by atoms with Crippen LogP contribution in [0.1, 0.15) is 30.4 Å². The summed E-state index contributed by atoms with van der Waals surface area (Å²) in [7, 11) is 0. The van der Waals surface area contributed by atoms with Gasteiger partial charge in [0.1, 0.15) is 17.9 Å². The Bertz CT molecular complexity index is 1530. The first-order valence-corrected chi connectivity index (χ1v) is 14.5. The third-order valence-electron chi connectivity index (χ3n) is 8.01. The van der Waals surface area contributed by atoms with Crippen LogP contribution in [0.25, 0.3) is 21.8 Å². The zero-order chi connectivity index (χ0) is 27.0. The van der Waals surface area contributed by atoms with Gasteiger partial charge in [-0.1, -0.05) is 48.5 Å². The number of rotatable bonds is 11. The highest BCUT2D eigenvalue weighted by atomic mass is 16.5. The van der Waals surface area contributed by atoms with E-state index in [-0.39, 0.29) is 0 Å². The van der Waals surface area contributed by atoms with Crippen molar-refractivity contribution in [2.45, 2.75) is 32.1 Å². The summed E-state index contributed by atoms with van der Waals surface area (Å²) >= 11 is 0. The number of aromatic nitrogens is 3. The Hall–Kier alpha value is -4.03. The SMILES string of the molecule is c1ccc(CCNc2ncnc3cc(OCC4CCN(CCCc5ccnc6ccccc56)CC4)ccc23)cc1. The summed E-state index contributed by atoms with van der Waals surface area (Å²) in [6.45, 7) is 5.03. The van der Waals surface area contributed by atoms with Crippen molar-refractivity contribution in [2.24, 2.45) is 5.92 Å². The Balaban J connectivity index is 0.946. The molecule has 0 spiro atoms.